The molecule has 0 bridgehead atoms. The molecule has 1 aromatic rings. The zero-order chi connectivity index (χ0) is 14.9. The quantitative estimate of drug-likeness (QED) is 0.860. The highest BCUT2D eigenvalue weighted by Gasteiger charge is 2.29. The fourth-order valence-corrected chi connectivity index (χ4v) is 3.33. The number of nitrogens with zero attached hydrogens (tertiary/aromatic N) is 1. The monoisotopic (exact) mass is 290 g/mol. The van der Waals surface area contributed by atoms with Gasteiger partial charge in [0.1, 0.15) is 11.5 Å². The molecule has 0 aromatic carbocycles. The van der Waals surface area contributed by atoms with Crippen molar-refractivity contribution in [1.29, 1.82) is 0 Å². The van der Waals surface area contributed by atoms with E-state index >= 15 is 0 Å². The van der Waals surface area contributed by atoms with Gasteiger partial charge in [0.2, 0.25) is 0 Å². The summed E-state index contributed by atoms with van der Waals surface area (Å²) >= 11 is 0. The van der Waals surface area contributed by atoms with E-state index in [1.165, 1.54) is 38.5 Å². The molecule has 0 unspecified atom stereocenters. The second-order valence-electron chi connectivity index (χ2n) is 7.83. The number of furan rings is 1. The van der Waals surface area contributed by atoms with Gasteiger partial charge in [0.15, 0.2) is 0 Å². The van der Waals surface area contributed by atoms with E-state index in [-0.39, 0.29) is 0 Å². The average molecular weight is 290 g/mol. The van der Waals surface area contributed by atoms with Gasteiger partial charge in [-0.15, -0.1) is 0 Å². The van der Waals surface area contributed by atoms with Gasteiger partial charge >= 0.3 is 0 Å². The molecule has 0 amide bonds. The van der Waals surface area contributed by atoms with Crippen LogP contribution >= 0.6 is 0 Å². The second-order valence-corrected chi connectivity index (χ2v) is 7.83. The lowest BCUT2D eigenvalue weighted by Gasteiger charge is -2.38. The molecule has 0 atom stereocenters. The van der Waals surface area contributed by atoms with Gasteiger partial charge in [0, 0.05) is 12.1 Å². The molecular weight excluding hydrogens is 260 g/mol. The molecule has 3 heteroatoms. The van der Waals surface area contributed by atoms with Gasteiger partial charge in [-0.25, -0.2) is 0 Å². The van der Waals surface area contributed by atoms with Crippen molar-refractivity contribution < 1.29 is 4.42 Å². The van der Waals surface area contributed by atoms with Crippen molar-refractivity contribution in [2.45, 2.75) is 77.5 Å². The van der Waals surface area contributed by atoms with Crippen LogP contribution in [0.3, 0.4) is 0 Å². The minimum Gasteiger partial charge on any atom is -0.463 e. The molecular formula is C18H30N2O. The molecule has 1 heterocycles. The highest BCUT2D eigenvalue weighted by Crippen LogP contribution is 2.36. The highest BCUT2D eigenvalue weighted by molar-refractivity contribution is 5.07. The average Bonchev–Trinajstić information content (AvgIpc) is 3.16. The summed E-state index contributed by atoms with van der Waals surface area (Å²) in [5.41, 5.74) is 0.545. The molecule has 0 saturated heterocycles. The SMILES string of the molecule is CN(Cc1ccc(CNC2CC2)o1)C1CCC(C)(C)CC1. The van der Waals surface area contributed by atoms with E-state index < -0.39 is 0 Å². The molecule has 0 aliphatic heterocycles. The molecule has 21 heavy (non-hydrogen) atoms. The van der Waals surface area contributed by atoms with Crippen LogP contribution in [0.1, 0.15) is 63.9 Å². The molecule has 1 N–H and O–H groups in total. The molecule has 3 nitrogen and oxygen atoms in total. The van der Waals surface area contributed by atoms with Crippen LogP contribution in [0.25, 0.3) is 0 Å². The Kier molecular flexibility index (Phi) is 4.41. The molecule has 1 aromatic heterocycles. The first-order valence-corrected chi connectivity index (χ1v) is 8.53. The summed E-state index contributed by atoms with van der Waals surface area (Å²) in [6.45, 7) is 6.62. The Balaban J connectivity index is 1.46. The van der Waals surface area contributed by atoms with Crippen molar-refractivity contribution in [1.82, 2.24) is 10.2 Å². The Hall–Kier alpha value is -0.800. The predicted molar refractivity (Wildman–Crippen MR) is 86.1 cm³/mol. The largest absolute Gasteiger partial charge is 0.463 e. The van der Waals surface area contributed by atoms with Gasteiger partial charge < -0.3 is 9.73 Å². The molecule has 3 rings (SSSR count). The standard InChI is InChI=1S/C18H30N2O/c1-18(2)10-8-15(9-11-18)20(3)13-17-7-6-16(21-17)12-19-14-4-5-14/h6-7,14-15,19H,4-5,8-13H2,1-3H3. The summed E-state index contributed by atoms with van der Waals surface area (Å²) in [4.78, 5) is 2.48. The Bertz CT molecular complexity index is 452. The lowest BCUT2D eigenvalue weighted by Crippen LogP contribution is -2.36. The topological polar surface area (TPSA) is 28.4 Å². The van der Waals surface area contributed by atoms with Crippen molar-refractivity contribution in [3.05, 3.63) is 23.7 Å². The van der Waals surface area contributed by atoms with Crippen LogP contribution in [-0.4, -0.2) is 24.0 Å². The van der Waals surface area contributed by atoms with Gasteiger partial charge in [-0.2, -0.15) is 0 Å². The maximum Gasteiger partial charge on any atom is 0.118 e. The van der Waals surface area contributed by atoms with Crippen molar-refractivity contribution in [3.8, 4) is 0 Å². The summed E-state index contributed by atoms with van der Waals surface area (Å²) in [5.74, 6) is 2.19. The lowest BCUT2D eigenvalue weighted by atomic mass is 9.75. The third-order valence-corrected chi connectivity index (χ3v) is 5.20. The molecule has 2 saturated carbocycles. The van der Waals surface area contributed by atoms with Crippen LogP contribution in [0.15, 0.2) is 16.5 Å². The van der Waals surface area contributed by atoms with Crippen LogP contribution in [-0.2, 0) is 13.1 Å². The number of hydrogen-bond donors (Lipinski definition) is 1. The molecule has 2 fully saturated rings. The van der Waals surface area contributed by atoms with Crippen molar-refractivity contribution in [3.63, 3.8) is 0 Å². The fraction of sp³-hybridized carbons (Fsp3) is 0.778. The predicted octanol–water partition coefficient (Wildman–Crippen LogP) is 3.93. The smallest absolute Gasteiger partial charge is 0.118 e. The Morgan fingerprint density at radius 2 is 1.81 bits per heavy atom. The van der Waals surface area contributed by atoms with E-state index in [0.717, 1.165) is 36.7 Å². The normalized spacial score (nSPS) is 22.9. The van der Waals surface area contributed by atoms with E-state index in [4.69, 9.17) is 4.42 Å². The fourth-order valence-electron chi connectivity index (χ4n) is 3.33. The van der Waals surface area contributed by atoms with Crippen LogP contribution in [0, 0.1) is 5.41 Å². The van der Waals surface area contributed by atoms with Crippen molar-refractivity contribution >= 4 is 0 Å². The third-order valence-electron chi connectivity index (χ3n) is 5.20. The van der Waals surface area contributed by atoms with Gasteiger partial charge in [-0.3, -0.25) is 4.90 Å². The summed E-state index contributed by atoms with van der Waals surface area (Å²) in [5, 5.41) is 3.50. The van der Waals surface area contributed by atoms with Crippen molar-refractivity contribution in [2.24, 2.45) is 5.41 Å². The molecule has 2 aliphatic carbocycles. The minimum absolute atomic E-state index is 0.545. The Morgan fingerprint density at radius 3 is 2.48 bits per heavy atom. The van der Waals surface area contributed by atoms with Gasteiger partial charge in [0.05, 0.1) is 13.1 Å². The third kappa shape index (κ3) is 4.33. The summed E-state index contributed by atoms with van der Waals surface area (Å²) in [6.07, 6.45) is 7.98. The zero-order valence-electron chi connectivity index (χ0n) is 13.8. The Morgan fingerprint density at radius 1 is 1.14 bits per heavy atom. The van der Waals surface area contributed by atoms with Gasteiger partial charge in [-0.05, 0) is 63.1 Å². The maximum atomic E-state index is 5.96. The molecule has 0 spiro atoms. The second kappa shape index (κ2) is 6.13. The van der Waals surface area contributed by atoms with E-state index in [9.17, 15) is 0 Å². The van der Waals surface area contributed by atoms with E-state index in [1.54, 1.807) is 0 Å². The van der Waals surface area contributed by atoms with E-state index in [0.29, 0.717) is 5.41 Å². The maximum absolute atomic E-state index is 5.96. The summed E-state index contributed by atoms with van der Waals surface area (Å²) in [7, 11) is 2.24. The summed E-state index contributed by atoms with van der Waals surface area (Å²) in [6, 6.07) is 5.73. The number of hydrogen-bond acceptors (Lipinski definition) is 3. The van der Waals surface area contributed by atoms with Gasteiger partial charge in [-0.1, -0.05) is 13.8 Å². The van der Waals surface area contributed by atoms with E-state index in [1.807, 2.05) is 0 Å². The van der Waals surface area contributed by atoms with Crippen LogP contribution in [0.5, 0.6) is 0 Å². The summed E-state index contributed by atoms with van der Waals surface area (Å²) < 4.78 is 5.96. The molecule has 0 radical (unpaired) electrons. The first kappa shape index (κ1) is 15.1. The lowest BCUT2D eigenvalue weighted by molar-refractivity contribution is 0.117. The zero-order valence-corrected chi connectivity index (χ0v) is 13.8. The van der Waals surface area contributed by atoms with Crippen molar-refractivity contribution in [2.75, 3.05) is 7.05 Å². The highest BCUT2D eigenvalue weighted by atomic mass is 16.3. The van der Waals surface area contributed by atoms with Crippen LogP contribution < -0.4 is 5.32 Å². The van der Waals surface area contributed by atoms with E-state index in [2.05, 4.69) is 43.2 Å². The first-order chi connectivity index (χ1) is 10.0. The molecule has 2 aliphatic rings. The van der Waals surface area contributed by atoms with Gasteiger partial charge in [0.25, 0.3) is 0 Å². The number of nitrogens with one attached hydrogen (secondary N) is 1. The van der Waals surface area contributed by atoms with Crippen LogP contribution in [0.2, 0.25) is 0 Å². The first-order valence-electron chi connectivity index (χ1n) is 8.53. The minimum atomic E-state index is 0.545. The Labute approximate surface area is 129 Å². The van der Waals surface area contributed by atoms with Crippen LogP contribution in [0.4, 0.5) is 0 Å². The number of rotatable bonds is 6. The molecule has 118 valence electrons.